The highest BCUT2D eigenvalue weighted by molar-refractivity contribution is 6.08. The molecule has 1 saturated heterocycles. The SMILES string of the molecule is CCn1c2ccccc2c2cc([C@@H](C3CCCCC3)N3CCNCC3)ccc21.Cl.Cl. The first kappa shape index (κ1) is 23.4. The van der Waals surface area contributed by atoms with Gasteiger partial charge in [0.1, 0.15) is 0 Å². The molecule has 2 aromatic carbocycles. The molecule has 1 aromatic heterocycles. The fraction of sp³-hybridized carbons (Fsp3) is 0.520. The molecule has 2 heterocycles. The summed E-state index contributed by atoms with van der Waals surface area (Å²) in [6.07, 6.45) is 7.02. The van der Waals surface area contributed by atoms with Crippen LogP contribution in [0.3, 0.4) is 0 Å². The molecule has 30 heavy (non-hydrogen) atoms. The molecule has 2 aliphatic rings. The zero-order valence-corrected chi connectivity index (χ0v) is 19.6. The summed E-state index contributed by atoms with van der Waals surface area (Å²) in [5.74, 6) is 0.809. The number of nitrogens with zero attached hydrogens (tertiary/aromatic N) is 2. The average molecular weight is 448 g/mol. The molecule has 1 aliphatic heterocycles. The smallest absolute Gasteiger partial charge is 0.0491 e. The Kier molecular flexibility index (Phi) is 8.09. The van der Waals surface area contributed by atoms with Gasteiger partial charge in [0.2, 0.25) is 0 Å². The molecule has 0 bridgehead atoms. The number of nitrogens with one attached hydrogen (secondary N) is 1. The van der Waals surface area contributed by atoms with Crippen molar-refractivity contribution in [1.82, 2.24) is 14.8 Å². The van der Waals surface area contributed by atoms with E-state index >= 15 is 0 Å². The number of piperazine rings is 1. The van der Waals surface area contributed by atoms with Crippen molar-refractivity contribution in [3.05, 3.63) is 48.0 Å². The highest BCUT2D eigenvalue weighted by Crippen LogP contribution is 2.40. The van der Waals surface area contributed by atoms with Crippen LogP contribution in [0.15, 0.2) is 42.5 Å². The largest absolute Gasteiger partial charge is 0.341 e. The lowest BCUT2D eigenvalue weighted by Crippen LogP contribution is -2.47. The van der Waals surface area contributed by atoms with E-state index in [9.17, 15) is 0 Å². The fourth-order valence-corrected chi connectivity index (χ4v) is 5.79. The van der Waals surface area contributed by atoms with Crippen LogP contribution in [0, 0.1) is 5.92 Å². The van der Waals surface area contributed by atoms with Crippen LogP contribution in [-0.2, 0) is 6.54 Å². The van der Waals surface area contributed by atoms with E-state index in [0.717, 1.165) is 25.6 Å². The van der Waals surface area contributed by atoms with Gasteiger partial charge in [-0.25, -0.2) is 0 Å². The zero-order valence-electron chi connectivity index (χ0n) is 18.0. The molecular formula is C25H35Cl2N3. The van der Waals surface area contributed by atoms with Gasteiger partial charge in [0.25, 0.3) is 0 Å². The number of para-hydroxylation sites is 1. The molecule has 5 heteroatoms. The number of rotatable bonds is 4. The molecule has 3 nitrogen and oxygen atoms in total. The van der Waals surface area contributed by atoms with Crippen LogP contribution in [0.4, 0.5) is 0 Å². The standard InChI is InChI=1S/C25H33N3.2ClH/c1-2-28-23-11-7-6-10-21(23)22-18-20(12-13-24(22)28)25(19-8-4-3-5-9-19)27-16-14-26-15-17-27;;/h6-7,10-13,18-19,25-26H,2-5,8-9,14-17H2,1H3;2*1H/t25-;;/m1../s1. The molecule has 1 atom stereocenters. The summed E-state index contributed by atoms with van der Waals surface area (Å²) >= 11 is 0. The van der Waals surface area contributed by atoms with E-state index in [4.69, 9.17) is 0 Å². The third-order valence-corrected chi connectivity index (χ3v) is 7.10. The van der Waals surface area contributed by atoms with E-state index in [2.05, 4.69) is 64.2 Å². The van der Waals surface area contributed by atoms with Gasteiger partial charge in [-0.05, 0) is 49.4 Å². The predicted octanol–water partition coefficient (Wildman–Crippen LogP) is 6.18. The van der Waals surface area contributed by atoms with Crippen LogP contribution in [0.2, 0.25) is 0 Å². The Morgan fingerprint density at radius 2 is 1.60 bits per heavy atom. The van der Waals surface area contributed by atoms with E-state index in [1.807, 2.05) is 0 Å². The Bertz CT molecular complexity index is 938. The van der Waals surface area contributed by atoms with Gasteiger partial charge in [-0.3, -0.25) is 4.90 Å². The molecule has 1 aliphatic carbocycles. The van der Waals surface area contributed by atoms with Gasteiger partial charge < -0.3 is 9.88 Å². The van der Waals surface area contributed by atoms with Crippen molar-refractivity contribution in [2.24, 2.45) is 5.92 Å². The minimum Gasteiger partial charge on any atom is -0.341 e. The summed E-state index contributed by atoms with van der Waals surface area (Å²) in [5, 5.41) is 6.39. The molecule has 5 rings (SSSR count). The minimum absolute atomic E-state index is 0. The Balaban J connectivity index is 0.00000128. The van der Waals surface area contributed by atoms with Crippen molar-refractivity contribution in [2.45, 2.75) is 51.6 Å². The number of aromatic nitrogens is 1. The second-order valence-electron chi connectivity index (χ2n) is 8.67. The summed E-state index contributed by atoms with van der Waals surface area (Å²) < 4.78 is 2.47. The van der Waals surface area contributed by atoms with E-state index in [-0.39, 0.29) is 24.8 Å². The molecule has 1 saturated carbocycles. The molecule has 164 valence electrons. The maximum atomic E-state index is 3.54. The van der Waals surface area contributed by atoms with Gasteiger partial charge in [-0.2, -0.15) is 0 Å². The maximum Gasteiger partial charge on any atom is 0.0491 e. The van der Waals surface area contributed by atoms with Crippen molar-refractivity contribution in [3.63, 3.8) is 0 Å². The van der Waals surface area contributed by atoms with Gasteiger partial charge in [0.05, 0.1) is 0 Å². The average Bonchev–Trinajstić information content (AvgIpc) is 3.09. The zero-order chi connectivity index (χ0) is 18.9. The first-order valence-corrected chi connectivity index (χ1v) is 11.3. The topological polar surface area (TPSA) is 20.2 Å². The van der Waals surface area contributed by atoms with Crippen molar-refractivity contribution >= 4 is 46.6 Å². The second-order valence-corrected chi connectivity index (χ2v) is 8.67. The van der Waals surface area contributed by atoms with Crippen LogP contribution in [-0.4, -0.2) is 35.6 Å². The van der Waals surface area contributed by atoms with E-state index in [1.165, 1.54) is 67.0 Å². The molecule has 0 spiro atoms. The van der Waals surface area contributed by atoms with Crippen LogP contribution in [0.25, 0.3) is 21.8 Å². The molecule has 0 unspecified atom stereocenters. The molecular weight excluding hydrogens is 413 g/mol. The normalized spacial score (nSPS) is 19.4. The quantitative estimate of drug-likeness (QED) is 0.514. The number of aryl methyl sites for hydroxylation is 1. The Morgan fingerprint density at radius 1 is 0.900 bits per heavy atom. The van der Waals surface area contributed by atoms with Crippen LogP contribution in [0.5, 0.6) is 0 Å². The number of fused-ring (bicyclic) bond motifs is 3. The van der Waals surface area contributed by atoms with Crippen molar-refractivity contribution in [3.8, 4) is 0 Å². The van der Waals surface area contributed by atoms with Crippen molar-refractivity contribution < 1.29 is 0 Å². The van der Waals surface area contributed by atoms with Gasteiger partial charge in [0.15, 0.2) is 0 Å². The molecule has 3 aromatic rings. The Morgan fingerprint density at radius 3 is 2.33 bits per heavy atom. The highest BCUT2D eigenvalue weighted by Gasteiger charge is 2.31. The lowest BCUT2D eigenvalue weighted by molar-refractivity contribution is 0.103. The first-order chi connectivity index (χ1) is 13.9. The van der Waals surface area contributed by atoms with Gasteiger partial charge in [-0.1, -0.05) is 43.5 Å². The number of hydrogen-bond acceptors (Lipinski definition) is 2. The minimum atomic E-state index is 0. The van der Waals surface area contributed by atoms with Crippen LogP contribution in [0.1, 0.15) is 50.6 Å². The summed E-state index contributed by atoms with van der Waals surface area (Å²) in [4.78, 5) is 2.77. The Hall–Kier alpha value is -1.26. The molecule has 2 fully saturated rings. The molecule has 1 N–H and O–H groups in total. The predicted molar refractivity (Wildman–Crippen MR) is 133 cm³/mol. The summed E-state index contributed by atoms with van der Waals surface area (Å²) in [7, 11) is 0. The number of halogens is 2. The second kappa shape index (κ2) is 10.4. The van der Waals surface area contributed by atoms with Gasteiger partial charge in [-0.15, -0.1) is 24.8 Å². The first-order valence-electron chi connectivity index (χ1n) is 11.3. The third kappa shape index (κ3) is 4.23. The molecule has 0 amide bonds. The van der Waals surface area contributed by atoms with Crippen LogP contribution < -0.4 is 5.32 Å². The summed E-state index contributed by atoms with van der Waals surface area (Å²) in [6.45, 7) is 7.88. The lowest BCUT2D eigenvalue weighted by Gasteiger charge is -2.41. The number of hydrogen-bond donors (Lipinski definition) is 1. The third-order valence-electron chi connectivity index (χ3n) is 7.10. The number of benzene rings is 2. The molecule has 0 radical (unpaired) electrons. The Labute approximate surface area is 193 Å². The van der Waals surface area contributed by atoms with E-state index < -0.39 is 0 Å². The van der Waals surface area contributed by atoms with Gasteiger partial charge >= 0.3 is 0 Å². The highest BCUT2D eigenvalue weighted by atomic mass is 35.5. The summed E-state index contributed by atoms with van der Waals surface area (Å²) in [6, 6.07) is 16.9. The van der Waals surface area contributed by atoms with E-state index in [1.54, 1.807) is 5.56 Å². The van der Waals surface area contributed by atoms with Crippen molar-refractivity contribution in [2.75, 3.05) is 26.2 Å². The van der Waals surface area contributed by atoms with E-state index in [0.29, 0.717) is 6.04 Å². The maximum absolute atomic E-state index is 3.54. The van der Waals surface area contributed by atoms with Crippen LogP contribution >= 0.6 is 24.8 Å². The van der Waals surface area contributed by atoms with Crippen molar-refractivity contribution in [1.29, 1.82) is 0 Å². The fourth-order valence-electron chi connectivity index (χ4n) is 5.79. The lowest BCUT2D eigenvalue weighted by atomic mass is 9.80. The summed E-state index contributed by atoms with van der Waals surface area (Å²) in [5.41, 5.74) is 4.30. The monoisotopic (exact) mass is 447 g/mol. The van der Waals surface area contributed by atoms with Gasteiger partial charge in [0, 0.05) is 60.6 Å².